The van der Waals surface area contributed by atoms with E-state index in [2.05, 4.69) is 52.0 Å². The largest absolute Gasteiger partial charge is 0.315 e. The fourth-order valence-corrected chi connectivity index (χ4v) is 0.917. The van der Waals surface area contributed by atoms with Gasteiger partial charge in [-0.15, -0.1) is 0 Å². The lowest BCUT2D eigenvalue weighted by molar-refractivity contribution is 0.235. The summed E-state index contributed by atoms with van der Waals surface area (Å²) in [6, 6.07) is 0. The van der Waals surface area contributed by atoms with E-state index in [0.29, 0.717) is 5.41 Å². The van der Waals surface area contributed by atoms with Crippen LogP contribution in [0.15, 0.2) is 0 Å². The molecule has 1 N–H and O–H groups in total. The molecular formula is C11H26N2. The predicted molar refractivity (Wildman–Crippen MR) is 60.0 cm³/mol. The third-order valence-electron chi connectivity index (χ3n) is 2.88. The molecule has 80 valence electrons. The smallest absolute Gasteiger partial charge is 0.0101 e. The van der Waals surface area contributed by atoms with E-state index in [-0.39, 0.29) is 0 Å². The molecule has 0 rings (SSSR count). The fourth-order valence-electron chi connectivity index (χ4n) is 0.917. The molecule has 2 heteroatoms. The molecule has 0 bridgehead atoms. The molecule has 0 atom stereocenters. The third-order valence-corrected chi connectivity index (χ3v) is 2.88. The molecular weight excluding hydrogens is 160 g/mol. The van der Waals surface area contributed by atoms with E-state index >= 15 is 0 Å². The summed E-state index contributed by atoms with van der Waals surface area (Å²) in [5, 5.41) is 3.50. The Morgan fingerprint density at radius 3 is 2.15 bits per heavy atom. The van der Waals surface area contributed by atoms with Gasteiger partial charge in [0.1, 0.15) is 0 Å². The predicted octanol–water partition coefficient (Wildman–Crippen LogP) is 1.82. The minimum atomic E-state index is 0.409. The van der Waals surface area contributed by atoms with Crippen molar-refractivity contribution in [1.29, 1.82) is 0 Å². The molecule has 2 nitrogen and oxygen atoms in total. The van der Waals surface area contributed by atoms with E-state index in [0.717, 1.165) is 25.6 Å². The van der Waals surface area contributed by atoms with Crippen LogP contribution in [-0.4, -0.2) is 38.6 Å². The average Bonchev–Trinajstić information content (AvgIpc) is 1.97. The van der Waals surface area contributed by atoms with Crippen LogP contribution in [0.4, 0.5) is 0 Å². The van der Waals surface area contributed by atoms with Crippen molar-refractivity contribution in [3.8, 4) is 0 Å². The van der Waals surface area contributed by atoms with Gasteiger partial charge in [0.25, 0.3) is 0 Å². The Morgan fingerprint density at radius 2 is 1.77 bits per heavy atom. The SMILES string of the molecule is CC(C)C(C)(C)CNCCN(C)C. The number of nitrogens with one attached hydrogen (secondary N) is 1. The second-order valence-electron chi connectivity index (χ2n) is 5.12. The van der Waals surface area contributed by atoms with Crippen LogP contribution in [0.2, 0.25) is 0 Å². The Bertz CT molecular complexity index is 128. The first-order valence-corrected chi connectivity index (χ1v) is 5.21. The standard InChI is InChI=1S/C11H26N2/c1-10(2)11(3,4)9-12-7-8-13(5)6/h10,12H,7-9H2,1-6H3. The van der Waals surface area contributed by atoms with Gasteiger partial charge in [-0.2, -0.15) is 0 Å². The molecule has 0 spiro atoms. The summed E-state index contributed by atoms with van der Waals surface area (Å²) < 4.78 is 0. The maximum atomic E-state index is 3.50. The normalized spacial score (nSPS) is 12.9. The van der Waals surface area contributed by atoms with Crippen molar-refractivity contribution in [2.24, 2.45) is 11.3 Å². The molecule has 0 aromatic rings. The second kappa shape index (κ2) is 5.61. The maximum Gasteiger partial charge on any atom is 0.0101 e. The minimum absolute atomic E-state index is 0.409. The van der Waals surface area contributed by atoms with Crippen molar-refractivity contribution in [3.63, 3.8) is 0 Å². The lowest BCUT2D eigenvalue weighted by Gasteiger charge is -2.29. The van der Waals surface area contributed by atoms with Gasteiger partial charge in [-0.25, -0.2) is 0 Å². The van der Waals surface area contributed by atoms with Crippen LogP contribution in [0.1, 0.15) is 27.7 Å². The van der Waals surface area contributed by atoms with Gasteiger partial charge in [0.2, 0.25) is 0 Å². The van der Waals surface area contributed by atoms with Crippen molar-refractivity contribution < 1.29 is 0 Å². The third kappa shape index (κ3) is 6.05. The first-order chi connectivity index (χ1) is 5.86. The molecule has 0 aliphatic carbocycles. The number of rotatable bonds is 6. The molecule has 0 saturated carbocycles. The van der Waals surface area contributed by atoms with Crippen molar-refractivity contribution in [2.45, 2.75) is 27.7 Å². The van der Waals surface area contributed by atoms with Crippen LogP contribution < -0.4 is 5.32 Å². The lowest BCUT2D eigenvalue weighted by Crippen LogP contribution is -2.36. The van der Waals surface area contributed by atoms with E-state index in [9.17, 15) is 0 Å². The highest BCUT2D eigenvalue weighted by Crippen LogP contribution is 2.24. The molecule has 0 aromatic heterocycles. The lowest BCUT2D eigenvalue weighted by atomic mass is 9.81. The Labute approximate surface area is 83.7 Å². The maximum absolute atomic E-state index is 3.50. The van der Waals surface area contributed by atoms with Crippen molar-refractivity contribution in [3.05, 3.63) is 0 Å². The first-order valence-electron chi connectivity index (χ1n) is 5.21. The topological polar surface area (TPSA) is 15.3 Å². The zero-order valence-electron chi connectivity index (χ0n) is 10.1. The van der Waals surface area contributed by atoms with E-state index in [1.165, 1.54) is 0 Å². The number of hydrogen-bond acceptors (Lipinski definition) is 2. The summed E-state index contributed by atoms with van der Waals surface area (Å²) in [5.41, 5.74) is 0.409. The van der Waals surface area contributed by atoms with Gasteiger partial charge < -0.3 is 10.2 Å². The van der Waals surface area contributed by atoms with Crippen molar-refractivity contribution >= 4 is 0 Å². The van der Waals surface area contributed by atoms with Gasteiger partial charge in [0.05, 0.1) is 0 Å². The molecule has 0 aliphatic heterocycles. The highest BCUT2D eigenvalue weighted by molar-refractivity contribution is 4.74. The zero-order chi connectivity index (χ0) is 10.5. The molecule has 0 aliphatic rings. The molecule has 0 radical (unpaired) electrons. The second-order valence-corrected chi connectivity index (χ2v) is 5.12. The molecule has 0 heterocycles. The molecule has 0 amide bonds. The summed E-state index contributed by atoms with van der Waals surface area (Å²) in [6.45, 7) is 12.5. The zero-order valence-corrected chi connectivity index (χ0v) is 10.1. The van der Waals surface area contributed by atoms with Gasteiger partial charge in [0, 0.05) is 19.6 Å². The summed E-state index contributed by atoms with van der Waals surface area (Å²) in [7, 11) is 4.21. The highest BCUT2D eigenvalue weighted by atomic mass is 15.1. The molecule has 0 unspecified atom stereocenters. The van der Waals surface area contributed by atoms with Crippen molar-refractivity contribution in [1.82, 2.24) is 10.2 Å². The summed E-state index contributed by atoms with van der Waals surface area (Å²) >= 11 is 0. The summed E-state index contributed by atoms with van der Waals surface area (Å²) in [6.07, 6.45) is 0. The van der Waals surface area contributed by atoms with Gasteiger partial charge in [-0.05, 0) is 25.4 Å². The summed E-state index contributed by atoms with van der Waals surface area (Å²) in [5.74, 6) is 0.736. The number of likely N-dealkylation sites (N-methyl/N-ethyl adjacent to an activating group) is 1. The fraction of sp³-hybridized carbons (Fsp3) is 1.00. The van der Waals surface area contributed by atoms with Crippen molar-refractivity contribution in [2.75, 3.05) is 33.7 Å². The molecule has 0 fully saturated rings. The van der Waals surface area contributed by atoms with Crippen LogP contribution in [0.5, 0.6) is 0 Å². The van der Waals surface area contributed by atoms with Gasteiger partial charge >= 0.3 is 0 Å². The summed E-state index contributed by atoms with van der Waals surface area (Å²) in [4.78, 5) is 2.20. The molecule has 0 saturated heterocycles. The van der Waals surface area contributed by atoms with Crippen LogP contribution in [0.3, 0.4) is 0 Å². The van der Waals surface area contributed by atoms with Crippen LogP contribution in [0.25, 0.3) is 0 Å². The number of hydrogen-bond donors (Lipinski definition) is 1. The Balaban J connectivity index is 3.52. The van der Waals surface area contributed by atoms with Gasteiger partial charge in [-0.1, -0.05) is 27.7 Å². The van der Waals surface area contributed by atoms with Gasteiger partial charge in [-0.3, -0.25) is 0 Å². The molecule has 13 heavy (non-hydrogen) atoms. The van der Waals surface area contributed by atoms with Crippen LogP contribution >= 0.6 is 0 Å². The van der Waals surface area contributed by atoms with Crippen LogP contribution in [0, 0.1) is 11.3 Å². The highest BCUT2D eigenvalue weighted by Gasteiger charge is 2.21. The van der Waals surface area contributed by atoms with E-state index in [1.54, 1.807) is 0 Å². The monoisotopic (exact) mass is 186 g/mol. The van der Waals surface area contributed by atoms with E-state index in [1.807, 2.05) is 0 Å². The first kappa shape index (κ1) is 12.9. The van der Waals surface area contributed by atoms with Crippen LogP contribution in [-0.2, 0) is 0 Å². The molecule has 0 aromatic carbocycles. The van der Waals surface area contributed by atoms with E-state index in [4.69, 9.17) is 0 Å². The Morgan fingerprint density at radius 1 is 1.23 bits per heavy atom. The Hall–Kier alpha value is -0.0800. The quantitative estimate of drug-likeness (QED) is 0.637. The average molecular weight is 186 g/mol. The van der Waals surface area contributed by atoms with E-state index < -0.39 is 0 Å². The number of nitrogens with zero attached hydrogens (tertiary/aromatic N) is 1. The van der Waals surface area contributed by atoms with Gasteiger partial charge in [0.15, 0.2) is 0 Å². The minimum Gasteiger partial charge on any atom is -0.315 e. The Kier molecular flexibility index (Phi) is 5.57.